The lowest BCUT2D eigenvalue weighted by molar-refractivity contribution is 0.0628. The first-order valence-electron chi connectivity index (χ1n) is 12.3. The van der Waals surface area contributed by atoms with Crippen LogP contribution in [0.1, 0.15) is 15.9 Å². The van der Waals surface area contributed by atoms with E-state index in [1.807, 2.05) is 12.1 Å². The average molecular weight is 586 g/mol. The lowest BCUT2D eigenvalue weighted by Gasteiger charge is -2.35. The number of para-hydroxylation sites is 1. The molecule has 11 heteroatoms. The summed E-state index contributed by atoms with van der Waals surface area (Å²) in [6.07, 6.45) is 1.55. The van der Waals surface area contributed by atoms with E-state index in [-0.39, 0.29) is 22.2 Å². The molecule has 8 nitrogen and oxygen atoms in total. The highest BCUT2D eigenvalue weighted by Gasteiger charge is 2.25. The number of ether oxygens (including phenoxy) is 1. The summed E-state index contributed by atoms with van der Waals surface area (Å²) in [5.74, 6) is 0.103. The van der Waals surface area contributed by atoms with Gasteiger partial charge in [0.05, 0.1) is 28.4 Å². The van der Waals surface area contributed by atoms with Crippen molar-refractivity contribution in [3.05, 3.63) is 94.1 Å². The zero-order valence-corrected chi connectivity index (χ0v) is 23.4. The molecule has 0 spiro atoms. The number of rotatable bonds is 7. The number of nitrogens with zero attached hydrogens (tertiary/aromatic N) is 3. The zero-order chi connectivity index (χ0) is 27.6. The Kier molecular flexibility index (Phi) is 7.95. The highest BCUT2D eigenvalue weighted by Crippen LogP contribution is 2.30. The number of halogens is 2. The molecule has 1 amide bonds. The third kappa shape index (κ3) is 5.96. The lowest BCUT2D eigenvalue weighted by atomic mass is 10.1. The van der Waals surface area contributed by atoms with Crippen LogP contribution in [0, 0.1) is 0 Å². The van der Waals surface area contributed by atoms with E-state index in [9.17, 15) is 13.2 Å². The number of sulfonamides is 1. The van der Waals surface area contributed by atoms with E-state index < -0.39 is 10.0 Å². The maximum absolute atomic E-state index is 13.3. The summed E-state index contributed by atoms with van der Waals surface area (Å²) < 4.78 is 34.5. The van der Waals surface area contributed by atoms with Crippen LogP contribution in [0.4, 0.5) is 5.69 Å². The van der Waals surface area contributed by atoms with Gasteiger partial charge in [-0.05, 0) is 48.0 Å². The van der Waals surface area contributed by atoms with Crippen molar-refractivity contribution in [2.24, 2.45) is 0 Å². The zero-order valence-electron chi connectivity index (χ0n) is 21.1. The summed E-state index contributed by atoms with van der Waals surface area (Å²) >= 11 is 12.1. The average Bonchev–Trinajstić information content (AvgIpc) is 2.95. The van der Waals surface area contributed by atoms with Gasteiger partial charge in [-0.3, -0.25) is 19.4 Å². The van der Waals surface area contributed by atoms with Gasteiger partial charge in [-0.25, -0.2) is 8.42 Å². The molecular weight excluding hydrogens is 559 g/mol. The molecular formula is C28H26Cl2N4O4S. The number of carbonyl (C=O) groups is 1. The molecule has 202 valence electrons. The highest BCUT2D eigenvalue weighted by molar-refractivity contribution is 7.93. The van der Waals surface area contributed by atoms with E-state index in [1.165, 1.54) is 13.2 Å². The fraction of sp³-hybridized carbons (Fsp3) is 0.214. The molecule has 1 aromatic heterocycles. The molecule has 0 atom stereocenters. The number of hydrogen-bond acceptors (Lipinski definition) is 6. The Morgan fingerprint density at radius 1 is 0.974 bits per heavy atom. The maximum atomic E-state index is 13.3. The van der Waals surface area contributed by atoms with E-state index in [1.54, 1.807) is 59.6 Å². The van der Waals surface area contributed by atoms with Crippen LogP contribution in [-0.4, -0.2) is 62.4 Å². The quantitative estimate of drug-likeness (QED) is 0.316. The molecule has 39 heavy (non-hydrogen) atoms. The SMILES string of the molecule is COc1cc(C(=O)N2CCN(Cc3ccc(Cl)c(Cl)c3)CC2)ccc1NS(=O)(=O)c1cccc2cccnc12. The normalized spacial score (nSPS) is 14.4. The van der Waals surface area contributed by atoms with Crippen LogP contribution in [0.15, 0.2) is 77.8 Å². The van der Waals surface area contributed by atoms with Crippen LogP contribution >= 0.6 is 23.2 Å². The van der Waals surface area contributed by atoms with Gasteiger partial charge in [0.15, 0.2) is 0 Å². The number of piperazine rings is 1. The summed E-state index contributed by atoms with van der Waals surface area (Å²) in [5.41, 5.74) is 2.08. The van der Waals surface area contributed by atoms with Crippen molar-refractivity contribution in [3.63, 3.8) is 0 Å². The van der Waals surface area contributed by atoms with E-state index in [0.717, 1.165) is 5.56 Å². The number of hydrogen-bond donors (Lipinski definition) is 1. The summed E-state index contributed by atoms with van der Waals surface area (Å²) in [6.45, 7) is 3.25. The molecule has 1 aliphatic heterocycles. The van der Waals surface area contributed by atoms with E-state index in [4.69, 9.17) is 27.9 Å². The fourth-order valence-corrected chi connectivity index (χ4v) is 6.16. The Hall–Kier alpha value is -3.37. The number of methoxy groups -OCH3 is 1. The lowest BCUT2D eigenvalue weighted by Crippen LogP contribution is -2.48. The summed E-state index contributed by atoms with van der Waals surface area (Å²) in [7, 11) is -2.54. The molecule has 4 aromatic rings. The van der Waals surface area contributed by atoms with Gasteiger partial charge >= 0.3 is 0 Å². The number of fused-ring (bicyclic) bond motifs is 1. The van der Waals surface area contributed by atoms with Crippen LogP contribution in [0.3, 0.4) is 0 Å². The van der Waals surface area contributed by atoms with Gasteiger partial charge in [0.25, 0.3) is 15.9 Å². The molecule has 0 aliphatic carbocycles. The number of pyridine rings is 1. The van der Waals surface area contributed by atoms with Crippen molar-refractivity contribution in [1.82, 2.24) is 14.8 Å². The first-order valence-corrected chi connectivity index (χ1v) is 14.5. The second-order valence-corrected chi connectivity index (χ2v) is 11.6. The number of aromatic nitrogens is 1. The maximum Gasteiger partial charge on any atom is 0.264 e. The third-order valence-corrected chi connectivity index (χ3v) is 8.76. The Labute approximate surface area is 237 Å². The number of benzene rings is 3. The fourth-order valence-electron chi connectivity index (χ4n) is 4.59. The smallest absolute Gasteiger partial charge is 0.264 e. The Bertz CT molecular complexity index is 1630. The minimum atomic E-state index is -3.97. The summed E-state index contributed by atoms with van der Waals surface area (Å²) in [4.78, 5) is 21.6. The molecule has 0 bridgehead atoms. The number of amides is 1. The predicted molar refractivity (Wildman–Crippen MR) is 153 cm³/mol. The van der Waals surface area contributed by atoms with Crippen molar-refractivity contribution in [2.45, 2.75) is 11.4 Å². The van der Waals surface area contributed by atoms with Crippen LogP contribution in [0.2, 0.25) is 10.0 Å². The second kappa shape index (κ2) is 11.4. The van der Waals surface area contributed by atoms with Gasteiger partial charge in [-0.1, -0.05) is 47.5 Å². The van der Waals surface area contributed by atoms with Crippen molar-refractivity contribution < 1.29 is 17.9 Å². The van der Waals surface area contributed by atoms with Crippen LogP contribution in [-0.2, 0) is 16.6 Å². The molecule has 1 aliphatic rings. The van der Waals surface area contributed by atoms with E-state index in [2.05, 4.69) is 14.6 Å². The second-order valence-electron chi connectivity index (χ2n) is 9.17. The van der Waals surface area contributed by atoms with Crippen molar-refractivity contribution >= 4 is 55.7 Å². The van der Waals surface area contributed by atoms with E-state index >= 15 is 0 Å². The molecule has 1 saturated heterocycles. The minimum Gasteiger partial charge on any atom is -0.495 e. The molecule has 1 fully saturated rings. The molecule has 0 saturated carbocycles. The van der Waals surface area contributed by atoms with Crippen LogP contribution < -0.4 is 9.46 Å². The highest BCUT2D eigenvalue weighted by atomic mass is 35.5. The number of nitrogens with one attached hydrogen (secondary N) is 1. The topological polar surface area (TPSA) is 91.8 Å². The number of carbonyl (C=O) groups excluding carboxylic acids is 1. The molecule has 0 unspecified atom stereocenters. The third-order valence-electron chi connectivity index (χ3n) is 6.63. The number of anilines is 1. The van der Waals surface area contributed by atoms with Gasteiger partial charge in [-0.15, -0.1) is 0 Å². The Morgan fingerprint density at radius 3 is 2.49 bits per heavy atom. The van der Waals surface area contributed by atoms with E-state index in [0.29, 0.717) is 59.2 Å². The van der Waals surface area contributed by atoms with Crippen molar-refractivity contribution in [3.8, 4) is 5.75 Å². The molecule has 5 rings (SSSR count). The molecule has 3 aromatic carbocycles. The first kappa shape index (κ1) is 27.2. The summed E-state index contributed by atoms with van der Waals surface area (Å²) in [6, 6.07) is 18.8. The van der Waals surface area contributed by atoms with Crippen molar-refractivity contribution in [2.75, 3.05) is 38.0 Å². The monoisotopic (exact) mass is 584 g/mol. The van der Waals surface area contributed by atoms with Gasteiger partial charge < -0.3 is 9.64 Å². The van der Waals surface area contributed by atoms with Gasteiger partial charge in [0.1, 0.15) is 10.6 Å². The molecule has 0 radical (unpaired) electrons. The largest absolute Gasteiger partial charge is 0.495 e. The van der Waals surface area contributed by atoms with Gasteiger partial charge in [0, 0.05) is 49.9 Å². The van der Waals surface area contributed by atoms with Gasteiger partial charge in [0.2, 0.25) is 0 Å². The first-order chi connectivity index (χ1) is 18.7. The van der Waals surface area contributed by atoms with Crippen LogP contribution in [0.25, 0.3) is 10.9 Å². The predicted octanol–water partition coefficient (Wildman–Crippen LogP) is 5.31. The Morgan fingerprint density at radius 2 is 1.74 bits per heavy atom. The Balaban J connectivity index is 1.27. The molecule has 2 heterocycles. The standard InChI is InChI=1S/C28H26Cl2N4O4S/c1-38-25-17-21(28(35)34-14-12-33(13-15-34)18-19-7-9-22(29)23(30)16-19)8-10-24(25)32-39(36,37)26-6-2-4-20-5-3-11-31-27(20)26/h2-11,16-17,32H,12-15,18H2,1H3. The molecule has 1 N–H and O–H groups in total. The van der Waals surface area contributed by atoms with Gasteiger partial charge in [-0.2, -0.15) is 0 Å². The summed E-state index contributed by atoms with van der Waals surface area (Å²) in [5, 5.41) is 1.76. The van der Waals surface area contributed by atoms with Crippen LogP contribution in [0.5, 0.6) is 5.75 Å². The van der Waals surface area contributed by atoms with Crippen molar-refractivity contribution in [1.29, 1.82) is 0 Å². The minimum absolute atomic E-state index is 0.0570.